The molecule has 0 saturated carbocycles. The van der Waals surface area contributed by atoms with Crippen molar-refractivity contribution >= 4 is 5.82 Å². The molecule has 18 heavy (non-hydrogen) atoms. The Labute approximate surface area is 101 Å². The zero-order valence-electron chi connectivity index (χ0n) is 9.31. The van der Waals surface area contributed by atoms with Gasteiger partial charge in [-0.3, -0.25) is 0 Å². The summed E-state index contributed by atoms with van der Waals surface area (Å²) in [7, 11) is 0. The quantitative estimate of drug-likeness (QED) is 0.635. The normalized spacial score (nSPS) is 10.7. The second-order valence-electron chi connectivity index (χ2n) is 3.82. The molecule has 0 aliphatic heterocycles. The van der Waals surface area contributed by atoms with E-state index in [1.54, 1.807) is 12.3 Å². The number of aromatic nitrogens is 3. The van der Waals surface area contributed by atoms with Crippen LogP contribution in [0, 0.1) is 0 Å². The Morgan fingerprint density at radius 3 is 2.61 bits per heavy atom. The van der Waals surface area contributed by atoms with E-state index in [1.807, 2.05) is 24.3 Å². The summed E-state index contributed by atoms with van der Waals surface area (Å²) in [5.74, 6) is 0.882. The minimum atomic E-state index is -0.253. The van der Waals surface area contributed by atoms with Gasteiger partial charge in [-0.2, -0.15) is 0 Å². The summed E-state index contributed by atoms with van der Waals surface area (Å²) in [4.78, 5) is 16.4. The minimum Gasteiger partial charge on any atom is -0.381 e. The van der Waals surface area contributed by atoms with E-state index in [2.05, 4.69) is 15.1 Å². The number of nitrogens with zero attached hydrogens (tertiary/aromatic N) is 1. The third-order valence-electron chi connectivity index (χ3n) is 2.61. The lowest BCUT2D eigenvalue weighted by atomic mass is 10.0. The molecule has 0 unspecified atom stereocenters. The van der Waals surface area contributed by atoms with E-state index in [9.17, 15) is 4.79 Å². The van der Waals surface area contributed by atoms with Crippen molar-refractivity contribution in [1.29, 1.82) is 0 Å². The molecule has 6 nitrogen and oxygen atoms in total. The molecule has 2 aromatic heterocycles. The van der Waals surface area contributed by atoms with Crippen LogP contribution in [0.25, 0.3) is 22.6 Å². The highest BCUT2D eigenvalue weighted by Crippen LogP contribution is 2.30. The van der Waals surface area contributed by atoms with Crippen molar-refractivity contribution < 1.29 is 4.52 Å². The van der Waals surface area contributed by atoms with Crippen LogP contribution < -0.4 is 11.4 Å². The van der Waals surface area contributed by atoms with Crippen LogP contribution >= 0.6 is 0 Å². The Bertz CT molecular complexity index is 738. The summed E-state index contributed by atoms with van der Waals surface area (Å²) in [6.45, 7) is 0. The smallest absolute Gasteiger partial charge is 0.323 e. The van der Waals surface area contributed by atoms with E-state index in [1.165, 1.54) is 0 Å². The van der Waals surface area contributed by atoms with Crippen molar-refractivity contribution in [2.24, 2.45) is 0 Å². The summed E-state index contributed by atoms with van der Waals surface area (Å²) in [5, 5.41) is 3.66. The number of imidazole rings is 1. The summed E-state index contributed by atoms with van der Waals surface area (Å²) in [5.41, 5.74) is 7.63. The lowest BCUT2D eigenvalue weighted by molar-refractivity contribution is 0.436. The van der Waals surface area contributed by atoms with Gasteiger partial charge < -0.3 is 20.2 Å². The van der Waals surface area contributed by atoms with Crippen LogP contribution in [-0.4, -0.2) is 15.1 Å². The monoisotopic (exact) mass is 242 g/mol. The van der Waals surface area contributed by atoms with Crippen LogP contribution in [0.15, 0.2) is 45.8 Å². The molecule has 1 aromatic carbocycles. The number of aromatic amines is 2. The van der Waals surface area contributed by atoms with Gasteiger partial charge in [0.05, 0.1) is 5.69 Å². The zero-order chi connectivity index (χ0) is 12.5. The van der Waals surface area contributed by atoms with Crippen molar-refractivity contribution in [2.45, 2.75) is 0 Å². The topological polar surface area (TPSA) is 101 Å². The molecule has 90 valence electrons. The van der Waals surface area contributed by atoms with Crippen molar-refractivity contribution in [1.82, 2.24) is 15.1 Å². The number of rotatable bonds is 2. The van der Waals surface area contributed by atoms with E-state index in [4.69, 9.17) is 10.3 Å². The molecule has 0 amide bonds. The first-order valence-corrected chi connectivity index (χ1v) is 5.34. The van der Waals surface area contributed by atoms with Crippen molar-refractivity contribution in [3.05, 3.63) is 47.0 Å². The van der Waals surface area contributed by atoms with Gasteiger partial charge in [0.15, 0.2) is 11.6 Å². The highest BCUT2D eigenvalue weighted by molar-refractivity contribution is 5.79. The van der Waals surface area contributed by atoms with Gasteiger partial charge in [-0.25, -0.2) is 4.79 Å². The largest absolute Gasteiger partial charge is 0.381 e. The van der Waals surface area contributed by atoms with Crippen LogP contribution in [0.5, 0.6) is 0 Å². The van der Waals surface area contributed by atoms with Crippen LogP contribution in [0.1, 0.15) is 0 Å². The first-order chi connectivity index (χ1) is 8.74. The number of hydrogen-bond donors (Lipinski definition) is 3. The Hall–Kier alpha value is -2.76. The van der Waals surface area contributed by atoms with Crippen LogP contribution in [0.4, 0.5) is 5.82 Å². The standard InChI is InChI=1S/C12H10N4O2/c13-11-5-10(18-16-11)8-4-2-1-3-7(8)9-6-14-12(17)15-9/h1-6H,(H2,13,16)(H2,14,15,17). The molecule has 3 aromatic rings. The summed E-state index contributed by atoms with van der Waals surface area (Å²) < 4.78 is 5.14. The number of hydrogen-bond acceptors (Lipinski definition) is 4. The second-order valence-corrected chi connectivity index (χ2v) is 3.82. The lowest BCUT2D eigenvalue weighted by Crippen LogP contribution is -2.00. The Balaban J connectivity index is 2.19. The Morgan fingerprint density at radius 1 is 1.22 bits per heavy atom. The number of nitrogen functional groups attached to an aromatic ring is 1. The molecular formula is C12H10N4O2. The number of nitrogens with two attached hydrogens (primary N) is 1. The van der Waals surface area contributed by atoms with Crippen LogP contribution in [0.2, 0.25) is 0 Å². The molecule has 0 spiro atoms. The van der Waals surface area contributed by atoms with Gasteiger partial charge in [-0.05, 0) is 0 Å². The fourth-order valence-electron chi connectivity index (χ4n) is 1.83. The van der Waals surface area contributed by atoms with Crippen molar-refractivity contribution in [3.8, 4) is 22.6 Å². The first kappa shape index (κ1) is 10.4. The van der Waals surface area contributed by atoms with Crippen molar-refractivity contribution in [2.75, 3.05) is 5.73 Å². The molecule has 0 fully saturated rings. The number of nitrogens with one attached hydrogen (secondary N) is 2. The fourth-order valence-corrected chi connectivity index (χ4v) is 1.83. The SMILES string of the molecule is Nc1cc(-c2ccccc2-c2c[nH]c(=O)[nH]2)on1. The molecule has 4 N–H and O–H groups in total. The molecule has 0 aliphatic carbocycles. The van der Waals surface area contributed by atoms with E-state index >= 15 is 0 Å². The second kappa shape index (κ2) is 3.92. The molecule has 0 atom stereocenters. The molecule has 0 bridgehead atoms. The predicted molar refractivity (Wildman–Crippen MR) is 66.8 cm³/mol. The maximum Gasteiger partial charge on any atom is 0.323 e. The Morgan fingerprint density at radius 2 is 2.00 bits per heavy atom. The third-order valence-corrected chi connectivity index (χ3v) is 2.61. The molecule has 2 heterocycles. The summed E-state index contributed by atoms with van der Waals surface area (Å²) in [6, 6.07) is 9.16. The van der Waals surface area contributed by atoms with Gasteiger partial charge >= 0.3 is 5.69 Å². The van der Waals surface area contributed by atoms with E-state index in [0.29, 0.717) is 17.3 Å². The zero-order valence-corrected chi connectivity index (χ0v) is 9.31. The molecule has 0 saturated heterocycles. The van der Waals surface area contributed by atoms with Gasteiger partial charge in [-0.1, -0.05) is 29.4 Å². The highest BCUT2D eigenvalue weighted by atomic mass is 16.5. The van der Waals surface area contributed by atoms with Crippen LogP contribution in [0.3, 0.4) is 0 Å². The van der Waals surface area contributed by atoms with Crippen LogP contribution in [-0.2, 0) is 0 Å². The van der Waals surface area contributed by atoms with Gasteiger partial charge in [0.2, 0.25) is 0 Å². The summed E-state index contributed by atoms with van der Waals surface area (Å²) in [6.07, 6.45) is 1.61. The molecule has 0 radical (unpaired) electrons. The average molecular weight is 242 g/mol. The Kier molecular flexibility index (Phi) is 2.26. The number of H-pyrrole nitrogens is 2. The first-order valence-electron chi connectivity index (χ1n) is 5.34. The molecule has 6 heteroatoms. The third kappa shape index (κ3) is 1.69. The lowest BCUT2D eigenvalue weighted by Gasteiger charge is -2.03. The van der Waals surface area contributed by atoms with E-state index < -0.39 is 0 Å². The predicted octanol–water partition coefficient (Wildman–Crippen LogP) is 1.61. The molecule has 3 rings (SSSR count). The molecular weight excluding hydrogens is 232 g/mol. The number of benzene rings is 1. The number of anilines is 1. The minimum absolute atomic E-state index is 0.253. The van der Waals surface area contributed by atoms with Gasteiger partial charge in [0.1, 0.15) is 0 Å². The maximum atomic E-state index is 11.1. The van der Waals surface area contributed by atoms with Crippen molar-refractivity contribution in [3.63, 3.8) is 0 Å². The van der Waals surface area contributed by atoms with E-state index in [0.717, 1.165) is 11.1 Å². The molecule has 0 aliphatic rings. The van der Waals surface area contributed by atoms with Gasteiger partial charge in [0, 0.05) is 23.4 Å². The average Bonchev–Trinajstić information content (AvgIpc) is 2.98. The summed E-state index contributed by atoms with van der Waals surface area (Å²) >= 11 is 0. The highest BCUT2D eigenvalue weighted by Gasteiger charge is 2.12. The van der Waals surface area contributed by atoms with Gasteiger partial charge in [0.25, 0.3) is 0 Å². The maximum absolute atomic E-state index is 11.1. The van der Waals surface area contributed by atoms with Gasteiger partial charge in [-0.15, -0.1) is 0 Å². The van der Waals surface area contributed by atoms with E-state index in [-0.39, 0.29) is 5.69 Å². The fraction of sp³-hybridized carbons (Fsp3) is 0.